The third kappa shape index (κ3) is 2.70. The number of rotatable bonds is 3. The van der Waals surface area contributed by atoms with E-state index in [1.165, 1.54) is 33.4 Å². The fourth-order valence-electron chi connectivity index (χ4n) is 3.01. The van der Waals surface area contributed by atoms with E-state index in [-0.39, 0.29) is 0 Å². The van der Waals surface area contributed by atoms with Crippen molar-refractivity contribution in [2.45, 2.75) is 0 Å². The zero-order valence-corrected chi connectivity index (χ0v) is 13.1. The lowest BCUT2D eigenvalue weighted by Gasteiger charge is -2.16. The SMILES string of the molecule is c1ccc(-c2c(-c3ccncc3)cccc2-c2ccncc2)cc1. The minimum absolute atomic E-state index is 1.17. The molecule has 2 heterocycles. The van der Waals surface area contributed by atoms with Crippen molar-refractivity contribution in [1.82, 2.24) is 9.97 Å². The van der Waals surface area contributed by atoms with Crippen molar-refractivity contribution in [1.29, 1.82) is 0 Å². The van der Waals surface area contributed by atoms with Crippen molar-refractivity contribution in [3.63, 3.8) is 0 Å². The lowest BCUT2D eigenvalue weighted by molar-refractivity contribution is 1.33. The first kappa shape index (κ1) is 14.3. The lowest BCUT2D eigenvalue weighted by Crippen LogP contribution is -1.90. The summed E-state index contributed by atoms with van der Waals surface area (Å²) in [5.41, 5.74) is 7.18. The van der Waals surface area contributed by atoms with Crippen LogP contribution < -0.4 is 0 Å². The summed E-state index contributed by atoms with van der Waals surface area (Å²) in [4.78, 5) is 8.29. The predicted octanol–water partition coefficient (Wildman–Crippen LogP) is 5.48. The Morgan fingerprint density at radius 2 is 0.917 bits per heavy atom. The molecule has 0 saturated heterocycles. The third-order valence-corrected chi connectivity index (χ3v) is 4.11. The smallest absolute Gasteiger partial charge is 0.0273 e. The molecule has 0 amide bonds. The second-order valence-electron chi connectivity index (χ2n) is 5.57. The summed E-state index contributed by atoms with van der Waals surface area (Å²) in [6.45, 7) is 0. The monoisotopic (exact) mass is 308 g/mol. The molecule has 0 aliphatic carbocycles. The number of aromatic nitrogens is 2. The van der Waals surface area contributed by atoms with Gasteiger partial charge in [-0.2, -0.15) is 0 Å². The van der Waals surface area contributed by atoms with Crippen LogP contribution in [0.5, 0.6) is 0 Å². The van der Waals surface area contributed by atoms with Crippen LogP contribution in [0.1, 0.15) is 0 Å². The maximum atomic E-state index is 4.15. The largest absolute Gasteiger partial charge is 0.265 e. The summed E-state index contributed by atoms with van der Waals surface area (Å²) in [6, 6.07) is 25.2. The molecule has 114 valence electrons. The summed E-state index contributed by atoms with van der Waals surface area (Å²) in [5.74, 6) is 0. The Morgan fingerprint density at radius 3 is 1.42 bits per heavy atom. The van der Waals surface area contributed by atoms with Crippen LogP contribution in [0.25, 0.3) is 33.4 Å². The van der Waals surface area contributed by atoms with Crippen LogP contribution in [0.3, 0.4) is 0 Å². The summed E-state index contributed by atoms with van der Waals surface area (Å²) in [7, 11) is 0. The Labute approximate surface area is 141 Å². The van der Waals surface area contributed by atoms with Gasteiger partial charge in [-0.3, -0.25) is 9.97 Å². The molecule has 0 atom stereocenters. The number of nitrogens with zero attached hydrogens (tertiary/aromatic N) is 2. The highest BCUT2D eigenvalue weighted by atomic mass is 14.6. The van der Waals surface area contributed by atoms with Gasteiger partial charge < -0.3 is 0 Å². The average Bonchev–Trinajstić information content (AvgIpc) is 2.69. The van der Waals surface area contributed by atoms with Crippen molar-refractivity contribution in [2.24, 2.45) is 0 Å². The molecule has 2 aromatic carbocycles. The van der Waals surface area contributed by atoms with Gasteiger partial charge in [0.25, 0.3) is 0 Å². The first-order valence-electron chi connectivity index (χ1n) is 7.93. The minimum atomic E-state index is 1.17. The standard InChI is InChI=1S/C22H16N2/c1-2-5-19(6-3-1)22-20(17-9-13-23-14-10-17)7-4-8-21(22)18-11-15-24-16-12-18/h1-16H. The summed E-state index contributed by atoms with van der Waals surface area (Å²) in [5, 5.41) is 0. The normalized spacial score (nSPS) is 10.5. The first-order chi connectivity index (χ1) is 11.9. The van der Waals surface area contributed by atoms with E-state index in [4.69, 9.17) is 0 Å². The predicted molar refractivity (Wildman–Crippen MR) is 98.3 cm³/mol. The molecule has 0 aliphatic rings. The molecule has 2 heteroatoms. The van der Waals surface area contributed by atoms with Gasteiger partial charge in [0, 0.05) is 24.8 Å². The van der Waals surface area contributed by atoms with E-state index >= 15 is 0 Å². The van der Waals surface area contributed by atoms with E-state index in [0.717, 1.165) is 0 Å². The molecule has 0 radical (unpaired) electrons. The van der Waals surface area contributed by atoms with Crippen LogP contribution in [0, 0.1) is 0 Å². The van der Waals surface area contributed by atoms with Gasteiger partial charge in [-0.05, 0) is 57.6 Å². The van der Waals surface area contributed by atoms with E-state index in [1.54, 1.807) is 0 Å². The molecule has 0 unspecified atom stereocenters. The highest BCUT2D eigenvalue weighted by molar-refractivity contribution is 5.94. The Bertz CT molecular complexity index is 876. The molecule has 0 N–H and O–H groups in total. The van der Waals surface area contributed by atoms with Crippen molar-refractivity contribution in [3.8, 4) is 33.4 Å². The van der Waals surface area contributed by atoms with Crippen molar-refractivity contribution < 1.29 is 0 Å². The quantitative estimate of drug-likeness (QED) is 0.501. The Kier molecular flexibility index (Phi) is 3.86. The second kappa shape index (κ2) is 6.47. The first-order valence-corrected chi connectivity index (χ1v) is 7.93. The molecule has 0 spiro atoms. The molecule has 4 aromatic rings. The van der Waals surface area contributed by atoms with Gasteiger partial charge in [-0.15, -0.1) is 0 Å². The van der Waals surface area contributed by atoms with Crippen LogP contribution in [-0.2, 0) is 0 Å². The van der Waals surface area contributed by atoms with Crippen molar-refractivity contribution in [3.05, 3.63) is 97.6 Å². The maximum absolute atomic E-state index is 4.15. The highest BCUT2D eigenvalue weighted by Crippen LogP contribution is 2.39. The number of hydrogen-bond acceptors (Lipinski definition) is 2. The summed E-state index contributed by atoms with van der Waals surface area (Å²) >= 11 is 0. The third-order valence-electron chi connectivity index (χ3n) is 4.11. The summed E-state index contributed by atoms with van der Waals surface area (Å²) < 4.78 is 0. The summed E-state index contributed by atoms with van der Waals surface area (Å²) in [6.07, 6.45) is 7.35. The van der Waals surface area contributed by atoms with Crippen molar-refractivity contribution in [2.75, 3.05) is 0 Å². The van der Waals surface area contributed by atoms with Gasteiger partial charge in [0.05, 0.1) is 0 Å². The van der Waals surface area contributed by atoms with Gasteiger partial charge in [-0.1, -0.05) is 48.5 Å². The van der Waals surface area contributed by atoms with Crippen molar-refractivity contribution >= 4 is 0 Å². The minimum Gasteiger partial charge on any atom is -0.265 e. The molecule has 0 bridgehead atoms. The number of benzene rings is 2. The molecule has 4 rings (SSSR count). The Hall–Kier alpha value is -3.26. The number of hydrogen-bond donors (Lipinski definition) is 0. The van der Waals surface area contributed by atoms with Gasteiger partial charge in [0.2, 0.25) is 0 Å². The van der Waals surface area contributed by atoms with Gasteiger partial charge in [0.15, 0.2) is 0 Å². The Balaban J connectivity index is 2.02. The van der Waals surface area contributed by atoms with E-state index < -0.39 is 0 Å². The molecule has 24 heavy (non-hydrogen) atoms. The van der Waals surface area contributed by atoms with Gasteiger partial charge >= 0.3 is 0 Å². The number of pyridine rings is 2. The Morgan fingerprint density at radius 1 is 0.417 bits per heavy atom. The van der Waals surface area contributed by atoms with Crippen LogP contribution in [0.15, 0.2) is 97.6 Å². The molecular formula is C22H16N2. The molecule has 0 saturated carbocycles. The van der Waals surface area contributed by atoms with Gasteiger partial charge in [0.1, 0.15) is 0 Å². The zero-order valence-electron chi connectivity index (χ0n) is 13.1. The van der Waals surface area contributed by atoms with Crippen LogP contribution in [-0.4, -0.2) is 9.97 Å². The molecule has 2 aromatic heterocycles. The molecular weight excluding hydrogens is 292 g/mol. The van der Waals surface area contributed by atoms with Crippen LogP contribution in [0.4, 0.5) is 0 Å². The topological polar surface area (TPSA) is 25.8 Å². The van der Waals surface area contributed by atoms with Gasteiger partial charge in [-0.25, -0.2) is 0 Å². The molecule has 2 nitrogen and oxygen atoms in total. The lowest BCUT2D eigenvalue weighted by atomic mass is 9.88. The van der Waals surface area contributed by atoms with Crippen LogP contribution in [0.2, 0.25) is 0 Å². The van der Waals surface area contributed by atoms with Crippen LogP contribution >= 0.6 is 0 Å². The van der Waals surface area contributed by atoms with E-state index in [2.05, 4.69) is 76.7 Å². The average molecular weight is 308 g/mol. The molecule has 0 fully saturated rings. The zero-order chi connectivity index (χ0) is 16.2. The maximum Gasteiger partial charge on any atom is 0.0273 e. The van der Waals surface area contributed by atoms with E-state index in [1.807, 2.05) is 30.9 Å². The second-order valence-corrected chi connectivity index (χ2v) is 5.57. The highest BCUT2D eigenvalue weighted by Gasteiger charge is 2.13. The fourth-order valence-corrected chi connectivity index (χ4v) is 3.01. The van der Waals surface area contributed by atoms with E-state index in [0.29, 0.717) is 0 Å². The fraction of sp³-hybridized carbons (Fsp3) is 0. The van der Waals surface area contributed by atoms with E-state index in [9.17, 15) is 0 Å². The molecule has 0 aliphatic heterocycles.